The first-order valence-electron chi connectivity index (χ1n) is 5.50. The van der Waals surface area contributed by atoms with E-state index in [1.807, 2.05) is 0 Å². The maximum atomic E-state index is 11.3. The number of hydrogen-bond acceptors (Lipinski definition) is 2. The van der Waals surface area contributed by atoms with Crippen LogP contribution in [0.25, 0.3) is 0 Å². The number of carbonyl (C=O) groups excluding carboxylic acids is 1. The quantitative estimate of drug-likeness (QED) is 0.658. The Morgan fingerprint density at radius 2 is 2.07 bits per heavy atom. The van der Waals surface area contributed by atoms with Crippen molar-refractivity contribution in [3.8, 4) is 0 Å². The average molecular weight is 201 g/mol. The molecule has 0 aromatic carbocycles. The van der Waals surface area contributed by atoms with Crippen molar-refractivity contribution >= 4 is 5.91 Å². The predicted molar refractivity (Wildman–Crippen MR) is 58.0 cm³/mol. The molecule has 0 rings (SSSR count). The molecule has 0 bridgehead atoms. The highest BCUT2D eigenvalue weighted by atomic mass is 16.3. The van der Waals surface area contributed by atoms with Gasteiger partial charge >= 0.3 is 0 Å². The van der Waals surface area contributed by atoms with E-state index >= 15 is 0 Å². The van der Waals surface area contributed by atoms with Gasteiger partial charge in [0.05, 0.1) is 12.6 Å². The summed E-state index contributed by atoms with van der Waals surface area (Å²) in [5, 5.41) is 11.9. The minimum absolute atomic E-state index is 0.0377. The third kappa shape index (κ3) is 6.89. The van der Waals surface area contributed by atoms with E-state index in [4.69, 9.17) is 5.11 Å². The van der Waals surface area contributed by atoms with Gasteiger partial charge in [-0.05, 0) is 18.8 Å². The highest BCUT2D eigenvalue weighted by molar-refractivity contribution is 5.76. The molecule has 0 saturated carbocycles. The van der Waals surface area contributed by atoms with Crippen molar-refractivity contribution in [2.24, 2.45) is 5.92 Å². The second-order valence-corrected chi connectivity index (χ2v) is 4.18. The highest BCUT2D eigenvalue weighted by Gasteiger charge is 2.12. The fraction of sp³-hybridized carbons (Fsp3) is 0.909. The summed E-state index contributed by atoms with van der Waals surface area (Å²) in [6.45, 7) is 6.27. The molecule has 0 aliphatic carbocycles. The van der Waals surface area contributed by atoms with Crippen LogP contribution in [0, 0.1) is 5.92 Å². The average Bonchev–Trinajstić information content (AvgIpc) is 2.12. The first kappa shape index (κ1) is 13.4. The first-order chi connectivity index (χ1) is 6.60. The van der Waals surface area contributed by atoms with E-state index in [2.05, 4.69) is 26.1 Å². The molecule has 0 saturated heterocycles. The van der Waals surface area contributed by atoms with Crippen molar-refractivity contribution in [2.75, 3.05) is 6.61 Å². The summed E-state index contributed by atoms with van der Waals surface area (Å²) in [5.41, 5.74) is 0. The molecule has 0 fully saturated rings. The van der Waals surface area contributed by atoms with Crippen LogP contribution in [0.4, 0.5) is 0 Å². The van der Waals surface area contributed by atoms with Crippen molar-refractivity contribution in [3.63, 3.8) is 0 Å². The maximum Gasteiger partial charge on any atom is 0.220 e. The lowest BCUT2D eigenvalue weighted by Crippen LogP contribution is -2.38. The molecular weight excluding hydrogens is 178 g/mol. The zero-order valence-corrected chi connectivity index (χ0v) is 9.55. The number of rotatable bonds is 7. The molecule has 84 valence electrons. The predicted octanol–water partition coefficient (Wildman–Crippen LogP) is 1.70. The van der Waals surface area contributed by atoms with Gasteiger partial charge in [-0.1, -0.05) is 27.2 Å². The molecule has 0 aliphatic rings. The third-order valence-electron chi connectivity index (χ3n) is 2.10. The Morgan fingerprint density at radius 1 is 1.43 bits per heavy atom. The summed E-state index contributed by atoms with van der Waals surface area (Å²) >= 11 is 0. The van der Waals surface area contributed by atoms with Gasteiger partial charge in [-0.3, -0.25) is 4.79 Å². The smallest absolute Gasteiger partial charge is 0.220 e. The van der Waals surface area contributed by atoms with Crippen molar-refractivity contribution in [3.05, 3.63) is 0 Å². The van der Waals surface area contributed by atoms with Gasteiger partial charge in [-0.25, -0.2) is 0 Å². The zero-order valence-electron chi connectivity index (χ0n) is 9.55. The summed E-state index contributed by atoms with van der Waals surface area (Å²) in [6, 6.07) is -0.0700. The van der Waals surface area contributed by atoms with Gasteiger partial charge in [0.1, 0.15) is 0 Å². The van der Waals surface area contributed by atoms with Crippen LogP contribution >= 0.6 is 0 Å². The van der Waals surface area contributed by atoms with Crippen molar-refractivity contribution in [1.29, 1.82) is 0 Å². The third-order valence-corrected chi connectivity index (χ3v) is 2.10. The number of amides is 1. The van der Waals surface area contributed by atoms with E-state index in [0.717, 1.165) is 19.3 Å². The summed E-state index contributed by atoms with van der Waals surface area (Å²) in [7, 11) is 0. The largest absolute Gasteiger partial charge is 0.394 e. The molecule has 1 unspecified atom stereocenters. The van der Waals surface area contributed by atoms with Gasteiger partial charge in [0, 0.05) is 6.42 Å². The van der Waals surface area contributed by atoms with Gasteiger partial charge in [0.2, 0.25) is 5.91 Å². The fourth-order valence-electron chi connectivity index (χ4n) is 1.39. The van der Waals surface area contributed by atoms with E-state index in [-0.39, 0.29) is 18.6 Å². The van der Waals surface area contributed by atoms with Crippen molar-refractivity contribution in [2.45, 2.75) is 52.5 Å². The van der Waals surface area contributed by atoms with Gasteiger partial charge in [0.15, 0.2) is 0 Å². The van der Waals surface area contributed by atoms with Crippen LogP contribution in [-0.4, -0.2) is 23.7 Å². The first-order valence-corrected chi connectivity index (χ1v) is 5.50. The molecule has 1 atom stereocenters. The zero-order chi connectivity index (χ0) is 11.0. The Morgan fingerprint density at radius 3 is 2.50 bits per heavy atom. The lowest BCUT2D eigenvalue weighted by atomic mass is 10.0. The SMILES string of the molecule is CCCCC(=O)NC(CO)CC(C)C. The number of aliphatic hydroxyl groups is 1. The number of nitrogens with one attached hydrogen (secondary N) is 1. The number of carbonyl (C=O) groups is 1. The minimum atomic E-state index is -0.0700. The molecule has 0 heterocycles. The molecule has 14 heavy (non-hydrogen) atoms. The number of hydrogen-bond donors (Lipinski definition) is 2. The van der Waals surface area contributed by atoms with Crippen LogP contribution in [0.1, 0.15) is 46.5 Å². The van der Waals surface area contributed by atoms with Crippen LogP contribution in [0.3, 0.4) is 0 Å². The van der Waals surface area contributed by atoms with Crippen LogP contribution in [0.15, 0.2) is 0 Å². The number of unbranched alkanes of at least 4 members (excludes halogenated alkanes) is 1. The van der Waals surface area contributed by atoms with Crippen LogP contribution in [0.2, 0.25) is 0 Å². The summed E-state index contributed by atoms with van der Waals surface area (Å²) in [4.78, 5) is 11.3. The van der Waals surface area contributed by atoms with E-state index < -0.39 is 0 Å². The topological polar surface area (TPSA) is 49.3 Å². The molecule has 3 nitrogen and oxygen atoms in total. The van der Waals surface area contributed by atoms with E-state index in [1.165, 1.54) is 0 Å². The lowest BCUT2D eigenvalue weighted by Gasteiger charge is -2.18. The normalized spacial score (nSPS) is 12.9. The van der Waals surface area contributed by atoms with E-state index in [0.29, 0.717) is 12.3 Å². The lowest BCUT2D eigenvalue weighted by molar-refractivity contribution is -0.122. The Bertz CT molecular complexity index is 157. The fourth-order valence-corrected chi connectivity index (χ4v) is 1.39. The second kappa shape index (κ2) is 7.80. The molecule has 0 spiro atoms. The Balaban J connectivity index is 3.74. The Kier molecular flexibility index (Phi) is 7.48. The molecule has 2 N–H and O–H groups in total. The minimum Gasteiger partial charge on any atom is -0.394 e. The Labute approximate surface area is 86.9 Å². The highest BCUT2D eigenvalue weighted by Crippen LogP contribution is 2.04. The van der Waals surface area contributed by atoms with Crippen molar-refractivity contribution < 1.29 is 9.90 Å². The van der Waals surface area contributed by atoms with Crippen LogP contribution in [-0.2, 0) is 4.79 Å². The van der Waals surface area contributed by atoms with Crippen LogP contribution < -0.4 is 5.32 Å². The second-order valence-electron chi connectivity index (χ2n) is 4.18. The van der Waals surface area contributed by atoms with E-state index in [1.54, 1.807) is 0 Å². The van der Waals surface area contributed by atoms with Gasteiger partial charge in [-0.2, -0.15) is 0 Å². The number of aliphatic hydroxyl groups excluding tert-OH is 1. The van der Waals surface area contributed by atoms with Gasteiger partial charge in [0.25, 0.3) is 0 Å². The monoisotopic (exact) mass is 201 g/mol. The molecular formula is C11H23NO2. The van der Waals surface area contributed by atoms with Crippen molar-refractivity contribution in [1.82, 2.24) is 5.32 Å². The summed E-state index contributed by atoms with van der Waals surface area (Å²) in [5.74, 6) is 0.560. The Hall–Kier alpha value is -0.570. The van der Waals surface area contributed by atoms with Gasteiger partial charge < -0.3 is 10.4 Å². The summed E-state index contributed by atoms with van der Waals surface area (Å²) in [6.07, 6.45) is 3.37. The molecule has 0 aliphatic heterocycles. The maximum absolute atomic E-state index is 11.3. The van der Waals surface area contributed by atoms with Gasteiger partial charge in [-0.15, -0.1) is 0 Å². The molecule has 0 aromatic heterocycles. The molecule has 0 aromatic rings. The summed E-state index contributed by atoms with van der Waals surface area (Å²) < 4.78 is 0. The molecule has 3 heteroatoms. The van der Waals surface area contributed by atoms with Crippen LogP contribution in [0.5, 0.6) is 0 Å². The van der Waals surface area contributed by atoms with E-state index in [9.17, 15) is 4.79 Å². The standard InChI is InChI=1S/C11H23NO2/c1-4-5-6-11(14)12-10(8-13)7-9(2)3/h9-10,13H,4-8H2,1-3H3,(H,12,14). The molecule has 0 radical (unpaired) electrons. The molecule has 1 amide bonds.